The van der Waals surface area contributed by atoms with Gasteiger partial charge in [-0.05, 0) is 58.2 Å². The van der Waals surface area contributed by atoms with Crippen molar-refractivity contribution in [3.05, 3.63) is 71.3 Å². The first-order valence-electron chi connectivity index (χ1n) is 9.02. The first-order chi connectivity index (χ1) is 12.3. The molecule has 0 radical (unpaired) electrons. The van der Waals surface area contributed by atoms with Gasteiger partial charge >= 0.3 is 0 Å². The lowest BCUT2D eigenvalue weighted by Gasteiger charge is -2.35. The highest BCUT2D eigenvalue weighted by Crippen LogP contribution is 2.15. The van der Waals surface area contributed by atoms with E-state index < -0.39 is 5.54 Å². The van der Waals surface area contributed by atoms with E-state index in [2.05, 4.69) is 17.6 Å². The van der Waals surface area contributed by atoms with E-state index >= 15 is 0 Å². The van der Waals surface area contributed by atoms with Gasteiger partial charge in [0.2, 0.25) is 5.91 Å². The maximum absolute atomic E-state index is 12.7. The second kappa shape index (κ2) is 8.65. The van der Waals surface area contributed by atoms with Crippen LogP contribution in [0.4, 0.5) is 0 Å². The number of nitrogens with zero attached hydrogens (tertiary/aromatic N) is 1. The quantitative estimate of drug-likeness (QED) is 0.816. The highest BCUT2D eigenvalue weighted by molar-refractivity contribution is 5.95. The Morgan fingerprint density at radius 3 is 2.31 bits per heavy atom. The maximum atomic E-state index is 12.7. The van der Waals surface area contributed by atoms with E-state index in [4.69, 9.17) is 0 Å². The molecule has 0 saturated heterocycles. The van der Waals surface area contributed by atoms with Crippen LogP contribution in [-0.2, 0) is 11.2 Å². The molecule has 2 amide bonds. The van der Waals surface area contributed by atoms with Crippen LogP contribution in [-0.4, -0.2) is 22.4 Å². The average molecular weight is 352 g/mol. The molecule has 0 aliphatic rings. The summed E-state index contributed by atoms with van der Waals surface area (Å²) in [5, 5.41) is 1.46. The highest BCUT2D eigenvalue weighted by Gasteiger charge is 2.28. The van der Waals surface area contributed by atoms with Gasteiger partial charge in [0.1, 0.15) is 0 Å². The molecule has 0 aliphatic heterocycles. The molecule has 0 heterocycles. The Balaban J connectivity index is 2.00. The highest BCUT2D eigenvalue weighted by atomic mass is 16.2. The van der Waals surface area contributed by atoms with Crippen molar-refractivity contribution in [2.45, 2.75) is 52.5 Å². The minimum atomic E-state index is -0.497. The van der Waals surface area contributed by atoms with Crippen molar-refractivity contribution in [2.24, 2.45) is 0 Å². The van der Waals surface area contributed by atoms with Gasteiger partial charge in [0.15, 0.2) is 0 Å². The minimum Gasteiger partial charge on any atom is -0.273 e. The Labute approximate surface area is 156 Å². The zero-order valence-corrected chi connectivity index (χ0v) is 16.1. The monoisotopic (exact) mass is 352 g/mol. The number of amides is 2. The fourth-order valence-electron chi connectivity index (χ4n) is 2.76. The van der Waals surface area contributed by atoms with Gasteiger partial charge < -0.3 is 0 Å². The van der Waals surface area contributed by atoms with E-state index in [1.807, 2.05) is 64.1 Å². The first kappa shape index (κ1) is 19.7. The second-order valence-corrected chi connectivity index (χ2v) is 7.55. The van der Waals surface area contributed by atoms with Crippen LogP contribution in [0.5, 0.6) is 0 Å². The molecule has 0 atom stereocenters. The largest absolute Gasteiger partial charge is 0.273 e. The fourth-order valence-corrected chi connectivity index (χ4v) is 2.76. The molecular formula is C22H28N2O2. The van der Waals surface area contributed by atoms with Gasteiger partial charge in [0.05, 0.1) is 5.54 Å². The predicted molar refractivity (Wildman–Crippen MR) is 105 cm³/mol. The molecule has 0 saturated carbocycles. The van der Waals surface area contributed by atoms with E-state index in [1.54, 1.807) is 6.07 Å². The lowest BCUT2D eigenvalue weighted by molar-refractivity contribution is -0.139. The van der Waals surface area contributed by atoms with Gasteiger partial charge in [-0.1, -0.05) is 48.0 Å². The molecule has 138 valence electrons. The van der Waals surface area contributed by atoms with Crippen LogP contribution in [0.25, 0.3) is 0 Å². The molecule has 2 aromatic carbocycles. The standard InChI is InChI=1S/C22H28N2O2/c1-17-10-8-14-19(16-17)21(26)23-24(22(2,3)4)20(25)15-9-13-18-11-6-5-7-12-18/h5-8,10-12,14,16H,9,13,15H2,1-4H3,(H,23,26). The van der Waals surface area contributed by atoms with Crippen LogP contribution in [0.15, 0.2) is 54.6 Å². The van der Waals surface area contributed by atoms with Crippen LogP contribution in [0.3, 0.4) is 0 Å². The van der Waals surface area contributed by atoms with Crippen molar-refractivity contribution in [3.8, 4) is 0 Å². The van der Waals surface area contributed by atoms with Crippen molar-refractivity contribution in [1.82, 2.24) is 10.4 Å². The van der Waals surface area contributed by atoms with E-state index in [0.29, 0.717) is 12.0 Å². The number of carbonyl (C=O) groups excluding carboxylic acids is 2. The number of benzene rings is 2. The van der Waals surface area contributed by atoms with Gasteiger partial charge in [0, 0.05) is 12.0 Å². The van der Waals surface area contributed by atoms with Gasteiger partial charge in [0.25, 0.3) is 5.91 Å². The number of nitrogens with one attached hydrogen (secondary N) is 1. The lowest BCUT2D eigenvalue weighted by atomic mass is 10.1. The smallest absolute Gasteiger partial charge is 0.269 e. The SMILES string of the molecule is Cc1cccc(C(=O)NN(C(=O)CCCc2ccccc2)C(C)(C)C)c1. The van der Waals surface area contributed by atoms with Gasteiger partial charge in [-0.15, -0.1) is 0 Å². The summed E-state index contributed by atoms with van der Waals surface area (Å²) in [5.41, 5.74) is 5.07. The number of hydrogen-bond donors (Lipinski definition) is 1. The van der Waals surface area contributed by atoms with E-state index in [9.17, 15) is 9.59 Å². The number of hydrogen-bond acceptors (Lipinski definition) is 2. The molecular weight excluding hydrogens is 324 g/mol. The van der Waals surface area contributed by atoms with Gasteiger partial charge in [-0.25, -0.2) is 5.01 Å². The molecule has 0 aromatic heterocycles. The number of carbonyl (C=O) groups is 2. The Morgan fingerprint density at radius 2 is 1.69 bits per heavy atom. The normalized spacial score (nSPS) is 11.1. The first-order valence-corrected chi connectivity index (χ1v) is 9.02. The van der Waals surface area contributed by atoms with Crippen molar-refractivity contribution in [3.63, 3.8) is 0 Å². The van der Waals surface area contributed by atoms with Crippen LogP contribution < -0.4 is 5.43 Å². The van der Waals surface area contributed by atoms with Crippen LogP contribution >= 0.6 is 0 Å². The Morgan fingerprint density at radius 1 is 1.00 bits per heavy atom. The summed E-state index contributed by atoms with van der Waals surface area (Å²) in [5.74, 6) is -0.338. The second-order valence-electron chi connectivity index (χ2n) is 7.55. The van der Waals surface area contributed by atoms with E-state index in [1.165, 1.54) is 10.6 Å². The van der Waals surface area contributed by atoms with Crippen LogP contribution in [0.1, 0.15) is 55.1 Å². The molecule has 0 bridgehead atoms. The minimum absolute atomic E-state index is 0.0746. The Kier molecular flexibility index (Phi) is 6.56. The van der Waals surface area contributed by atoms with Gasteiger partial charge in [-0.3, -0.25) is 15.0 Å². The van der Waals surface area contributed by atoms with E-state index in [0.717, 1.165) is 18.4 Å². The molecule has 2 rings (SSSR count). The van der Waals surface area contributed by atoms with Crippen molar-refractivity contribution in [1.29, 1.82) is 0 Å². The van der Waals surface area contributed by atoms with Gasteiger partial charge in [-0.2, -0.15) is 0 Å². The Hall–Kier alpha value is -2.62. The zero-order chi connectivity index (χ0) is 19.2. The number of aryl methyl sites for hydroxylation is 2. The topological polar surface area (TPSA) is 49.4 Å². The van der Waals surface area contributed by atoms with Crippen LogP contribution in [0, 0.1) is 6.92 Å². The van der Waals surface area contributed by atoms with Crippen molar-refractivity contribution < 1.29 is 9.59 Å². The van der Waals surface area contributed by atoms with Crippen molar-refractivity contribution in [2.75, 3.05) is 0 Å². The third kappa shape index (κ3) is 5.73. The molecule has 4 nitrogen and oxygen atoms in total. The summed E-state index contributed by atoms with van der Waals surface area (Å²) in [7, 11) is 0. The molecule has 0 unspecified atom stereocenters. The summed E-state index contributed by atoms with van der Waals surface area (Å²) in [6.07, 6.45) is 1.98. The predicted octanol–water partition coefficient (Wildman–Crippen LogP) is 4.29. The Bertz CT molecular complexity index is 748. The fraction of sp³-hybridized carbons (Fsp3) is 0.364. The number of hydrazine groups is 1. The summed E-state index contributed by atoms with van der Waals surface area (Å²) in [4.78, 5) is 25.3. The van der Waals surface area contributed by atoms with Crippen molar-refractivity contribution >= 4 is 11.8 Å². The maximum Gasteiger partial charge on any atom is 0.269 e. The zero-order valence-electron chi connectivity index (χ0n) is 16.1. The lowest BCUT2D eigenvalue weighted by Crippen LogP contribution is -2.55. The molecule has 0 spiro atoms. The molecule has 1 N–H and O–H groups in total. The van der Waals surface area contributed by atoms with E-state index in [-0.39, 0.29) is 11.8 Å². The third-order valence-electron chi connectivity index (χ3n) is 4.11. The van der Waals surface area contributed by atoms with Crippen LogP contribution in [0.2, 0.25) is 0 Å². The summed E-state index contributed by atoms with van der Waals surface area (Å²) >= 11 is 0. The summed E-state index contributed by atoms with van der Waals surface area (Å²) in [6.45, 7) is 7.68. The summed E-state index contributed by atoms with van der Waals surface area (Å²) < 4.78 is 0. The molecule has 26 heavy (non-hydrogen) atoms. The third-order valence-corrected chi connectivity index (χ3v) is 4.11. The molecule has 4 heteroatoms. The molecule has 0 aliphatic carbocycles. The average Bonchev–Trinajstić information content (AvgIpc) is 2.59. The molecule has 0 fully saturated rings. The number of rotatable bonds is 5. The summed E-state index contributed by atoms with van der Waals surface area (Å²) in [6, 6.07) is 17.5. The molecule has 2 aromatic rings.